The van der Waals surface area contributed by atoms with E-state index in [-0.39, 0.29) is 0 Å². The van der Waals surface area contributed by atoms with Crippen molar-refractivity contribution in [3.63, 3.8) is 0 Å². The number of aromatic amines is 1. The van der Waals surface area contributed by atoms with Crippen molar-refractivity contribution in [2.24, 2.45) is 5.73 Å². The molecule has 4 N–H and O–H groups in total. The lowest BCUT2D eigenvalue weighted by Gasteiger charge is -2.27. The molecule has 4 rings (SSSR count). The van der Waals surface area contributed by atoms with E-state index < -0.39 is 11.5 Å². The number of benzene rings is 1. The predicted octanol–water partition coefficient (Wildman–Crippen LogP) is 4.81. The summed E-state index contributed by atoms with van der Waals surface area (Å²) < 4.78 is 5.28. The zero-order valence-corrected chi connectivity index (χ0v) is 19.5. The second-order valence-electron chi connectivity index (χ2n) is 8.23. The lowest BCUT2D eigenvalue weighted by molar-refractivity contribution is -0.113. The van der Waals surface area contributed by atoms with Gasteiger partial charge in [0.1, 0.15) is 5.65 Å². The van der Waals surface area contributed by atoms with Crippen molar-refractivity contribution in [1.29, 1.82) is 0 Å². The summed E-state index contributed by atoms with van der Waals surface area (Å²) in [5, 5.41) is 12.2. The number of fused-ring (bicyclic) bond motifs is 1. The molecule has 0 fully saturated rings. The molecule has 1 aromatic carbocycles. The fourth-order valence-electron chi connectivity index (χ4n) is 4.11. The molecule has 0 atom stereocenters. The average molecular weight is 457 g/mol. The van der Waals surface area contributed by atoms with E-state index in [0.717, 1.165) is 44.4 Å². The van der Waals surface area contributed by atoms with Crippen LogP contribution in [0.25, 0.3) is 39.4 Å². The summed E-state index contributed by atoms with van der Waals surface area (Å²) in [5.41, 5.74) is 10.4. The first-order chi connectivity index (χ1) is 16.4. The maximum Gasteiger partial charge on any atom is 0.241 e. The summed E-state index contributed by atoms with van der Waals surface area (Å²) in [5.74, 6) is 0.00832. The smallest absolute Gasteiger partial charge is 0.241 e. The normalized spacial score (nSPS) is 11.9. The van der Waals surface area contributed by atoms with Crippen molar-refractivity contribution in [3.8, 4) is 28.1 Å². The first-order valence-corrected chi connectivity index (χ1v) is 11.2. The van der Waals surface area contributed by atoms with E-state index in [9.17, 15) is 9.90 Å². The summed E-state index contributed by atoms with van der Waals surface area (Å²) in [6.45, 7) is 3.91. The summed E-state index contributed by atoms with van der Waals surface area (Å²) in [6, 6.07) is 11.7. The molecule has 3 heterocycles. The molecule has 0 saturated carbocycles. The highest BCUT2D eigenvalue weighted by Gasteiger charge is 2.25. The first kappa shape index (κ1) is 23.2. The van der Waals surface area contributed by atoms with Crippen LogP contribution in [0.3, 0.4) is 0 Å². The van der Waals surface area contributed by atoms with E-state index in [1.54, 1.807) is 25.6 Å². The number of ether oxygens (including phenoxy) is 1. The largest absolute Gasteiger partial charge is 0.481 e. The van der Waals surface area contributed by atoms with Crippen molar-refractivity contribution in [3.05, 3.63) is 72.2 Å². The molecule has 7 heteroatoms. The number of primary amides is 1. The number of hydrogen-bond acceptors (Lipinski definition) is 5. The van der Waals surface area contributed by atoms with Crippen LogP contribution < -0.4 is 10.5 Å². The molecule has 0 aliphatic carbocycles. The van der Waals surface area contributed by atoms with Gasteiger partial charge in [-0.1, -0.05) is 13.8 Å². The second kappa shape index (κ2) is 9.49. The number of nitrogens with two attached hydrogens (primary N) is 1. The van der Waals surface area contributed by atoms with Crippen LogP contribution in [0.1, 0.15) is 37.8 Å². The van der Waals surface area contributed by atoms with Crippen molar-refractivity contribution in [1.82, 2.24) is 15.0 Å². The lowest BCUT2D eigenvalue weighted by atomic mass is 9.85. The number of aromatic nitrogens is 3. The highest BCUT2D eigenvalue weighted by molar-refractivity contribution is 5.96. The van der Waals surface area contributed by atoms with Gasteiger partial charge < -0.3 is 20.6 Å². The highest BCUT2D eigenvalue weighted by Crippen LogP contribution is 2.35. The topological polar surface area (TPSA) is 114 Å². The van der Waals surface area contributed by atoms with Gasteiger partial charge in [-0.05, 0) is 71.5 Å². The van der Waals surface area contributed by atoms with Crippen LogP contribution in [0.4, 0.5) is 0 Å². The number of nitrogens with zero attached hydrogens (tertiary/aromatic N) is 2. The maximum absolute atomic E-state index is 11.3. The molecule has 0 radical (unpaired) electrons. The third-order valence-electron chi connectivity index (χ3n) is 6.22. The Morgan fingerprint density at radius 3 is 2.62 bits per heavy atom. The third-order valence-corrected chi connectivity index (χ3v) is 6.22. The molecular weight excluding hydrogens is 428 g/mol. The van der Waals surface area contributed by atoms with Gasteiger partial charge in [0, 0.05) is 47.2 Å². The molecule has 7 nitrogen and oxygen atoms in total. The minimum absolute atomic E-state index is 0.527. The standard InChI is InChI=1S/C27H28N4O3/c1-4-27(33,5-2)21-11-17(6-7-24(28)32)10-19(12-21)20-13-22-23(16-31-26(22)30-15-20)18-8-9-29-25(14-18)34-3/h6-16,33H,4-5H2,1-3H3,(H2,28,32)(H,30,31). The van der Waals surface area contributed by atoms with Crippen molar-refractivity contribution in [2.45, 2.75) is 32.3 Å². The first-order valence-electron chi connectivity index (χ1n) is 11.2. The van der Waals surface area contributed by atoms with Crippen LogP contribution in [0.15, 0.2) is 61.1 Å². The van der Waals surface area contributed by atoms with Gasteiger partial charge in [0.15, 0.2) is 0 Å². The fraction of sp³-hybridized carbons (Fsp3) is 0.222. The van der Waals surface area contributed by atoms with E-state index in [2.05, 4.69) is 21.0 Å². The average Bonchev–Trinajstić information content (AvgIpc) is 3.30. The molecule has 4 aromatic rings. The lowest BCUT2D eigenvalue weighted by Crippen LogP contribution is -2.23. The van der Waals surface area contributed by atoms with Gasteiger partial charge in [-0.2, -0.15) is 0 Å². The van der Waals surface area contributed by atoms with Crippen LogP contribution in [0, 0.1) is 0 Å². The molecular formula is C27H28N4O3. The quantitative estimate of drug-likeness (QED) is 0.329. The van der Waals surface area contributed by atoms with Crippen LogP contribution in [-0.2, 0) is 10.4 Å². The maximum atomic E-state index is 11.3. The number of rotatable bonds is 8. The van der Waals surface area contributed by atoms with E-state index in [4.69, 9.17) is 10.5 Å². The Bertz CT molecular complexity index is 1370. The molecule has 3 aromatic heterocycles. The van der Waals surface area contributed by atoms with Gasteiger partial charge in [-0.25, -0.2) is 9.97 Å². The Labute approximate surface area is 198 Å². The van der Waals surface area contributed by atoms with Gasteiger partial charge in [0.05, 0.1) is 12.7 Å². The predicted molar refractivity (Wildman–Crippen MR) is 134 cm³/mol. The number of hydrogen-bond donors (Lipinski definition) is 3. The minimum Gasteiger partial charge on any atom is -0.481 e. The van der Waals surface area contributed by atoms with E-state index in [1.807, 2.05) is 50.4 Å². The van der Waals surface area contributed by atoms with Crippen LogP contribution in [0.5, 0.6) is 5.88 Å². The highest BCUT2D eigenvalue weighted by atomic mass is 16.5. The molecule has 0 saturated heterocycles. The fourth-order valence-corrected chi connectivity index (χ4v) is 4.11. The van der Waals surface area contributed by atoms with Crippen molar-refractivity contribution in [2.75, 3.05) is 7.11 Å². The summed E-state index contributed by atoms with van der Waals surface area (Å²) in [7, 11) is 1.59. The Balaban J connectivity index is 1.87. The van der Waals surface area contributed by atoms with Gasteiger partial charge in [-0.15, -0.1) is 0 Å². The number of H-pyrrole nitrogens is 1. The number of carbonyl (C=O) groups is 1. The van der Waals surface area contributed by atoms with Crippen molar-refractivity contribution < 1.29 is 14.6 Å². The SMILES string of the molecule is CCC(O)(CC)c1cc(C=CC(N)=O)cc(-c2cnc3[nH]cc(-c4ccnc(OC)c4)c3c2)c1. The zero-order valence-electron chi connectivity index (χ0n) is 19.5. The molecule has 0 spiro atoms. The number of nitrogens with one attached hydrogen (secondary N) is 1. The Hall–Kier alpha value is -3.97. The number of aliphatic hydroxyl groups is 1. The van der Waals surface area contributed by atoms with Crippen LogP contribution in [0.2, 0.25) is 0 Å². The van der Waals surface area contributed by atoms with E-state index in [0.29, 0.717) is 18.7 Å². The van der Waals surface area contributed by atoms with Crippen LogP contribution >= 0.6 is 0 Å². The molecule has 0 unspecified atom stereocenters. The zero-order chi connectivity index (χ0) is 24.3. The Kier molecular flexibility index (Phi) is 6.47. The number of amides is 1. The summed E-state index contributed by atoms with van der Waals surface area (Å²) in [6.07, 6.45) is 9.54. The van der Waals surface area contributed by atoms with E-state index >= 15 is 0 Å². The molecule has 174 valence electrons. The van der Waals surface area contributed by atoms with Gasteiger partial charge >= 0.3 is 0 Å². The van der Waals surface area contributed by atoms with Gasteiger partial charge in [0.25, 0.3) is 0 Å². The summed E-state index contributed by atoms with van der Waals surface area (Å²) in [4.78, 5) is 23.4. The molecule has 0 aliphatic rings. The van der Waals surface area contributed by atoms with Gasteiger partial charge in [-0.3, -0.25) is 4.79 Å². The van der Waals surface area contributed by atoms with Gasteiger partial charge in [0.2, 0.25) is 11.8 Å². The number of carbonyl (C=O) groups excluding carboxylic acids is 1. The van der Waals surface area contributed by atoms with Crippen LogP contribution in [-0.4, -0.2) is 33.1 Å². The second-order valence-corrected chi connectivity index (χ2v) is 8.23. The molecule has 1 amide bonds. The Morgan fingerprint density at radius 2 is 1.91 bits per heavy atom. The van der Waals surface area contributed by atoms with E-state index in [1.165, 1.54) is 6.08 Å². The molecule has 0 aliphatic heterocycles. The molecule has 34 heavy (non-hydrogen) atoms. The third kappa shape index (κ3) is 4.56. The number of methoxy groups -OCH3 is 1. The minimum atomic E-state index is -0.976. The Morgan fingerprint density at radius 1 is 1.12 bits per heavy atom. The van der Waals surface area contributed by atoms with Crippen molar-refractivity contribution >= 4 is 23.0 Å². The molecule has 0 bridgehead atoms. The number of pyridine rings is 2. The summed E-state index contributed by atoms with van der Waals surface area (Å²) >= 11 is 0. The monoisotopic (exact) mass is 456 g/mol.